The third kappa shape index (κ3) is 4.50. The van der Waals surface area contributed by atoms with Crippen molar-refractivity contribution >= 4 is 11.7 Å². The fraction of sp³-hybridized carbons (Fsp3) is 0.417. The summed E-state index contributed by atoms with van der Waals surface area (Å²) in [4.78, 5) is 24.0. The highest BCUT2D eigenvalue weighted by atomic mass is 16.5. The number of nitrogens with zero attached hydrogens (tertiary/aromatic N) is 4. The molecule has 2 aliphatic heterocycles. The number of ether oxygens (including phenoxy) is 1. The van der Waals surface area contributed by atoms with Gasteiger partial charge < -0.3 is 19.5 Å². The minimum absolute atomic E-state index is 0.0212. The molecule has 1 amide bonds. The molecule has 2 aliphatic rings. The molecular weight excluding hydrogens is 406 g/mol. The van der Waals surface area contributed by atoms with Crippen molar-refractivity contribution in [2.24, 2.45) is 5.92 Å². The smallest absolute Gasteiger partial charge is 0.261 e. The summed E-state index contributed by atoms with van der Waals surface area (Å²) in [6.07, 6.45) is 5.62. The molecule has 1 N–H and O–H groups in total. The predicted octanol–water partition coefficient (Wildman–Crippen LogP) is 3.31. The van der Waals surface area contributed by atoms with Crippen molar-refractivity contribution in [3.05, 3.63) is 48.7 Å². The Bertz CT molecular complexity index is 1040. The van der Waals surface area contributed by atoms with Crippen LogP contribution in [0, 0.1) is 5.92 Å². The summed E-state index contributed by atoms with van der Waals surface area (Å²) < 4.78 is 11.2. The van der Waals surface area contributed by atoms with E-state index in [2.05, 4.69) is 25.3 Å². The normalized spacial score (nSPS) is 19.2. The zero-order chi connectivity index (χ0) is 21.8. The van der Waals surface area contributed by atoms with Crippen molar-refractivity contribution in [2.75, 3.05) is 31.1 Å². The van der Waals surface area contributed by atoms with Crippen molar-refractivity contribution in [1.82, 2.24) is 20.4 Å². The Hall–Kier alpha value is -3.26. The van der Waals surface area contributed by atoms with Crippen LogP contribution >= 0.6 is 0 Å². The molecule has 0 aliphatic carbocycles. The summed E-state index contributed by atoms with van der Waals surface area (Å²) in [6.45, 7) is 2.92. The van der Waals surface area contributed by atoms with E-state index in [1.807, 2.05) is 42.5 Å². The van der Waals surface area contributed by atoms with Crippen LogP contribution in [-0.4, -0.2) is 53.4 Å². The molecular formula is C24H27N5O3. The molecule has 32 heavy (non-hydrogen) atoms. The van der Waals surface area contributed by atoms with Crippen LogP contribution in [0.15, 0.2) is 53.2 Å². The minimum atomic E-state index is 0.0212. The number of benzene rings is 1. The first-order valence-corrected chi connectivity index (χ1v) is 11.3. The number of anilines is 1. The van der Waals surface area contributed by atoms with Crippen molar-refractivity contribution in [3.63, 3.8) is 0 Å². The van der Waals surface area contributed by atoms with Crippen LogP contribution in [0.2, 0.25) is 0 Å². The molecule has 0 saturated carbocycles. The number of rotatable bonds is 6. The van der Waals surface area contributed by atoms with Crippen LogP contribution in [0.5, 0.6) is 0 Å². The van der Waals surface area contributed by atoms with E-state index >= 15 is 0 Å². The second-order valence-corrected chi connectivity index (χ2v) is 8.31. The maximum atomic E-state index is 12.6. The average molecular weight is 434 g/mol. The lowest BCUT2D eigenvalue weighted by Crippen LogP contribution is -2.42. The van der Waals surface area contributed by atoms with Gasteiger partial charge in [-0.25, -0.2) is 4.98 Å². The summed E-state index contributed by atoms with van der Waals surface area (Å²) in [5.74, 6) is 1.97. The maximum Gasteiger partial charge on any atom is 0.261 e. The number of carbonyl (C=O) groups is 1. The average Bonchev–Trinajstić information content (AvgIpc) is 3.56. The first-order valence-electron chi connectivity index (χ1n) is 11.3. The highest BCUT2D eigenvalue weighted by Gasteiger charge is 2.28. The van der Waals surface area contributed by atoms with Crippen LogP contribution in [0.1, 0.15) is 25.7 Å². The Balaban J connectivity index is 1.24. The third-order valence-electron chi connectivity index (χ3n) is 6.17. The third-order valence-corrected chi connectivity index (χ3v) is 6.17. The van der Waals surface area contributed by atoms with Gasteiger partial charge in [0.05, 0.1) is 11.7 Å². The van der Waals surface area contributed by atoms with Crippen LogP contribution in [0.25, 0.3) is 22.8 Å². The second-order valence-electron chi connectivity index (χ2n) is 8.31. The molecule has 2 saturated heterocycles. The Morgan fingerprint density at radius 2 is 1.94 bits per heavy atom. The van der Waals surface area contributed by atoms with Gasteiger partial charge in [0.15, 0.2) is 0 Å². The van der Waals surface area contributed by atoms with Gasteiger partial charge in [0.2, 0.25) is 11.7 Å². The van der Waals surface area contributed by atoms with Gasteiger partial charge in [0.1, 0.15) is 5.82 Å². The summed E-state index contributed by atoms with van der Waals surface area (Å²) >= 11 is 0. The number of hydrogen-bond donors (Lipinski definition) is 1. The van der Waals surface area contributed by atoms with Gasteiger partial charge in [-0.1, -0.05) is 35.5 Å². The number of pyridine rings is 1. The van der Waals surface area contributed by atoms with Crippen LogP contribution < -0.4 is 10.2 Å². The van der Waals surface area contributed by atoms with Crippen molar-refractivity contribution in [2.45, 2.75) is 31.8 Å². The zero-order valence-electron chi connectivity index (χ0n) is 17.9. The molecule has 0 spiro atoms. The number of nitrogens with one attached hydrogen (secondary N) is 1. The summed E-state index contributed by atoms with van der Waals surface area (Å²) in [7, 11) is 0. The van der Waals surface area contributed by atoms with Crippen molar-refractivity contribution in [3.8, 4) is 22.8 Å². The van der Waals surface area contributed by atoms with Gasteiger partial charge in [-0.15, -0.1) is 0 Å². The lowest BCUT2D eigenvalue weighted by molar-refractivity contribution is -0.126. The highest BCUT2D eigenvalue weighted by Crippen LogP contribution is 2.31. The van der Waals surface area contributed by atoms with E-state index < -0.39 is 0 Å². The monoisotopic (exact) mass is 433 g/mol. The van der Waals surface area contributed by atoms with E-state index in [1.54, 1.807) is 6.20 Å². The Morgan fingerprint density at radius 1 is 1.09 bits per heavy atom. The summed E-state index contributed by atoms with van der Waals surface area (Å²) in [5.41, 5.74) is 1.71. The van der Waals surface area contributed by atoms with E-state index in [9.17, 15) is 4.79 Å². The van der Waals surface area contributed by atoms with Crippen LogP contribution in [-0.2, 0) is 9.53 Å². The molecule has 1 aromatic carbocycles. The SMILES string of the molecule is O=C(NC[C@H]1CCCO1)C1CCN(c2ncccc2-c2nc(-c3ccccc3)no2)CC1. The molecule has 166 valence electrons. The topological polar surface area (TPSA) is 93.4 Å². The first-order chi connectivity index (χ1) is 15.8. The largest absolute Gasteiger partial charge is 0.376 e. The van der Waals surface area contributed by atoms with Gasteiger partial charge in [0.25, 0.3) is 5.89 Å². The molecule has 4 heterocycles. The molecule has 5 rings (SSSR count). The first kappa shape index (κ1) is 20.6. The zero-order valence-corrected chi connectivity index (χ0v) is 17.9. The number of aromatic nitrogens is 3. The van der Waals surface area contributed by atoms with E-state index in [0.717, 1.165) is 62.3 Å². The molecule has 0 unspecified atom stereocenters. The van der Waals surface area contributed by atoms with Crippen molar-refractivity contribution in [1.29, 1.82) is 0 Å². The maximum absolute atomic E-state index is 12.6. The van der Waals surface area contributed by atoms with Gasteiger partial charge in [-0.3, -0.25) is 4.79 Å². The van der Waals surface area contributed by atoms with Crippen LogP contribution in [0.4, 0.5) is 5.82 Å². The highest BCUT2D eigenvalue weighted by molar-refractivity contribution is 5.79. The minimum Gasteiger partial charge on any atom is -0.376 e. The summed E-state index contributed by atoms with van der Waals surface area (Å²) in [5, 5.41) is 7.21. The fourth-order valence-electron chi connectivity index (χ4n) is 4.37. The molecule has 2 fully saturated rings. The number of hydrogen-bond acceptors (Lipinski definition) is 7. The Kier molecular flexibility index (Phi) is 6.11. The number of amides is 1. The number of piperidine rings is 1. The molecule has 8 nitrogen and oxygen atoms in total. The summed E-state index contributed by atoms with van der Waals surface area (Å²) in [6, 6.07) is 13.6. The molecule has 2 aromatic heterocycles. The molecule has 0 bridgehead atoms. The Morgan fingerprint density at radius 3 is 2.72 bits per heavy atom. The van der Waals surface area contributed by atoms with E-state index in [-0.39, 0.29) is 17.9 Å². The van der Waals surface area contributed by atoms with E-state index in [0.29, 0.717) is 18.3 Å². The number of carbonyl (C=O) groups excluding carboxylic acids is 1. The van der Waals surface area contributed by atoms with E-state index in [1.165, 1.54) is 0 Å². The molecule has 1 atom stereocenters. The molecule has 3 aromatic rings. The van der Waals surface area contributed by atoms with Gasteiger partial charge >= 0.3 is 0 Å². The fourth-order valence-corrected chi connectivity index (χ4v) is 4.37. The lowest BCUT2D eigenvalue weighted by atomic mass is 9.95. The standard InChI is InChI=1S/C24H27N5O3/c30-23(26-16-19-8-5-15-31-19)18-10-13-29(14-11-18)22-20(9-4-12-25-22)24-27-21(28-32-24)17-6-2-1-3-7-17/h1-4,6-7,9,12,18-19H,5,8,10-11,13-16H2,(H,26,30)/t19-/m1/s1. The van der Waals surface area contributed by atoms with Crippen LogP contribution in [0.3, 0.4) is 0 Å². The molecule has 8 heteroatoms. The Labute approximate surface area is 187 Å². The van der Waals surface area contributed by atoms with Gasteiger partial charge in [-0.2, -0.15) is 4.98 Å². The van der Waals surface area contributed by atoms with Crippen molar-refractivity contribution < 1.29 is 14.1 Å². The predicted molar refractivity (Wildman–Crippen MR) is 120 cm³/mol. The second kappa shape index (κ2) is 9.48. The van der Waals surface area contributed by atoms with Gasteiger partial charge in [0, 0.05) is 43.9 Å². The lowest BCUT2D eigenvalue weighted by Gasteiger charge is -2.33. The quantitative estimate of drug-likeness (QED) is 0.637. The van der Waals surface area contributed by atoms with E-state index in [4.69, 9.17) is 9.26 Å². The molecule has 0 radical (unpaired) electrons. The van der Waals surface area contributed by atoms with Gasteiger partial charge in [-0.05, 0) is 37.8 Å².